The Morgan fingerprint density at radius 3 is 2.68 bits per heavy atom. The van der Waals surface area contributed by atoms with E-state index in [1.807, 2.05) is 17.0 Å². The molecule has 0 aromatic carbocycles. The molecule has 3 rings (SSSR count). The smallest absolute Gasteiger partial charge is 0.255 e. The minimum Gasteiger partial charge on any atom is -0.349 e. The first kappa shape index (κ1) is 17.1. The highest BCUT2D eigenvalue weighted by atomic mass is 16.2. The summed E-state index contributed by atoms with van der Waals surface area (Å²) in [4.78, 5) is 37.1. The maximum absolute atomic E-state index is 12.4. The number of hydrogen-bond donors (Lipinski definition) is 0. The number of pyridine rings is 1. The Hall–Kier alpha value is -2.70. The van der Waals surface area contributed by atoms with Crippen molar-refractivity contribution in [1.29, 1.82) is 0 Å². The highest BCUT2D eigenvalue weighted by Crippen LogP contribution is 2.24. The number of anilines is 1. The second-order valence-corrected chi connectivity index (χ2v) is 6.59. The largest absolute Gasteiger partial charge is 0.349 e. The number of carbonyl (C=O) groups is 1. The van der Waals surface area contributed by atoms with Crippen LogP contribution in [0.3, 0.4) is 0 Å². The van der Waals surface area contributed by atoms with Gasteiger partial charge < -0.3 is 9.80 Å². The lowest BCUT2D eigenvalue weighted by molar-refractivity contribution is -0.133. The molecule has 25 heavy (non-hydrogen) atoms. The Bertz CT molecular complexity index is 816. The maximum Gasteiger partial charge on any atom is 0.255 e. The minimum absolute atomic E-state index is 0.0646. The Labute approximate surface area is 146 Å². The van der Waals surface area contributed by atoms with Crippen LogP contribution in [0.1, 0.15) is 12.8 Å². The lowest BCUT2D eigenvalue weighted by atomic mass is 9.97. The van der Waals surface area contributed by atoms with E-state index in [-0.39, 0.29) is 17.4 Å². The minimum atomic E-state index is -0.113. The van der Waals surface area contributed by atoms with Gasteiger partial charge in [-0.25, -0.2) is 4.98 Å². The van der Waals surface area contributed by atoms with Gasteiger partial charge in [-0.3, -0.25) is 19.1 Å². The number of nitrogens with zero attached hydrogens (tertiary/aromatic N) is 5. The molecule has 1 atom stereocenters. The van der Waals surface area contributed by atoms with Crippen LogP contribution in [0.2, 0.25) is 0 Å². The average Bonchev–Trinajstić information content (AvgIpc) is 2.64. The van der Waals surface area contributed by atoms with Crippen molar-refractivity contribution in [2.24, 2.45) is 13.0 Å². The summed E-state index contributed by atoms with van der Waals surface area (Å²) in [6, 6.07) is 5.20. The highest BCUT2D eigenvalue weighted by molar-refractivity contribution is 5.79. The fraction of sp³-hybridized carbons (Fsp3) is 0.444. The van der Waals surface area contributed by atoms with Gasteiger partial charge in [0.1, 0.15) is 0 Å². The van der Waals surface area contributed by atoms with Gasteiger partial charge in [0.2, 0.25) is 11.9 Å². The topological polar surface area (TPSA) is 71.3 Å². The summed E-state index contributed by atoms with van der Waals surface area (Å²) >= 11 is 0. The molecule has 3 heterocycles. The molecule has 7 heteroatoms. The molecule has 2 aromatic heterocycles. The standard InChI is InChI=1S/C18H23N5O2/c1-21(2)17(25)14-5-4-10-23(12-14)18-20-15(11-16(24)22(18)3)13-6-8-19-9-7-13/h6-9,11,14H,4-5,10,12H2,1-3H3. The van der Waals surface area contributed by atoms with Crippen LogP contribution in [-0.4, -0.2) is 52.5 Å². The number of carbonyl (C=O) groups excluding carboxylic acids is 1. The van der Waals surface area contributed by atoms with Gasteiger partial charge in [0, 0.05) is 58.3 Å². The van der Waals surface area contributed by atoms with Crippen molar-refractivity contribution >= 4 is 11.9 Å². The van der Waals surface area contributed by atoms with Crippen LogP contribution in [0.15, 0.2) is 35.4 Å². The fourth-order valence-corrected chi connectivity index (χ4v) is 3.21. The van der Waals surface area contributed by atoms with Gasteiger partial charge in [-0.1, -0.05) is 0 Å². The van der Waals surface area contributed by atoms with E-state index in [0.29, 0.717) is 18.2 Å². The molecule has 0 spiro atoms. The van der Waals surface area contributed by atoms with Gasteiger partial charge in [0.05, 0.1) is 11.6 Å². The zero-order chi connectivity index (χ0) is 18.0. The molecular formula is C18H23N5O2. The number of aromatic nitrogens is 3. The summed E-state index contributed by atoms with van der Waals surface area (Å²) in [5, 5.41) is 0. The van der Waals surface area contributed by atoms with Crippen molar-refractivity contribution < 1.29 is 4.79 Å². The van der Waals surface area contributed by atoms with E-state index in [4.69, 9.17) is 4.98 Å². The molecule has 132 valence electrons. The zero-order valence-corrected chi connectivity index (χ0v) is 14.8. The van der Waals surface area contributed by atoms with Crippen LogP contribution in [0.5, 0.6) is 0 Å². The van der Waals surface area contributed by atoms with E-state index in [0.717, 1.165) is 24.9 Å². The molecular weight excluding hydrogens is 318 g/mol. The van der Waals surface area contributed by atoms with E-state index in [1.165, 1.54) is 6.07 Å². The van der Waals surface area contributed by atoms with Crippen molar-refractivity contribution in [3.05, 3.63) is 40.9 Å². The predicted octanol–water partition coefficient (Wildman–Crippen LogP) is 1.15. The first-order chi connectivity index (χ1) is 12.0. The van der Waals surface area contributed by atoms with Gasteiger partial charge in [-0.05, 0) is 25.0 Å². The molecule has 7 nitrogen and oxygen atoms in total. The zero-order valence-electron chi connectivity index (χ0n) is 14.8. The summed E-state index contributed by atoms with van der Waals surface area (Å²) in [7, 11) is 5.27. The molecule has 2 aromatic rings. The summed E-state index contributed by atoms with van der Waals surface area (Å²) in [5.41, 5.74) is 1.37. The Balaban J connectivity index is 1.95. The number of rotatable bonds is 3. The molecule has 1 amide bonds. The average molecular weight is 341 g/mol. The highest BCUT2D eigenvalue weighted by Gasteiger charge is 2.28. The number of piperidine rings is 1. The summed E-state index contributed by atoms with van der Waals surface area (Å²) < 4.78 is 1.55. The van der Waals surface area contributed by atoms with E-state index >= 15 is 0 Å². The molecule has 1 aliphatic heterocycles. The third-order valence-electron chi connectivity index (χ3n) is 4.58. The van der Waals surface area contributed by atoms with E-state index in [9.17, 15) is 9.59 Å². The first-order valence-electron chi connectivity index (χ1n) is 8.42. The van der Waals surface area contributed by atoms with Crippen LogP contribution >= 0.6 is 0 Å². The summed E-state index contributed by atoms with van der Waals surface area (Å²) in [5.74, 6) is 0.667. The quantitative estimate of drug-likeness (QED) is 0.837. The third kappa shape index (κ3) is 3.55. The van der Waals surface area contributed by atoms with Crippen molar-refractivity contribution in [2.45, 2.75) is 12.8 Å². The first-order valence-corrected chi connectivity index (χ1v) is 8.42. The van der Waals surface area contributed by atoms with Gasteiger partial charge in [0.25, 0.3) is 5.56 Å². The lowest BCUT2D eigenvalue weighted by Gasteiger charge is -2.34. The molecule has 1 fully saturated rings. The van der Waals surface area contributed by atoms with E-state index in [1.54, 1.807) is 43.0 Å². The Morgan fingerprint density at radius 2 is 2.00 bits per heavy atom. The predicted molar refractivity (Wildman–Crippen MR) is 96.3 cm³/mol. The van der Waals surface area contributed by atoms with E-state index < -0.39 is 0 Å². The second kappa shape index (κ2) is 7.04. The van der Waals surface area contributed by atoms with Crippen molar-refractivity contribution in [3.63, 3.8) is 0 Å². The third-order valence-corrected chi connectivity index (χ3v) is 4.58. The Morgan fingerprint density at radius 1 is 1.28 bits per heavy atom. The molecule has 1 aliphatic rings. The van der Waals surface area contributed by atoms with Crippen LogP contribution in [0.25, 0.3) is 11.3 Å². The van der Waals surface area contributed by atoms with Gasteiger partial charge in [-0.15, -0.1) is 0 Å². The summed E-state index contributed by atoms with van der Waals surface area (Å²) in [6.45, 7) is 1.37. The molecule has 1 unspecified atom stereocenters. The van der Waals surface area contributed by atoms with Gasteiger partial charge in [0.15, 0.2) is 0 Å². The monoisotopic (exact) mass is 341 g/mol. The van der Waals surface area contributed by atoms with E-state index in [2.05, 4.69) is 4.98 Å². The Kier molecular flexibility index (Phi) is 4.83. The summed E-state index contributed by atoms with van der Waals surface area (Å²) in [6.07, 6.45) is 5.13. The van der Waals surface area contributed by atoms with Crippen LogP contribution in [0, 0.1) is 5.92 Å². The molecule has 0 aliphatic carbocycles. The molecule has 0 radical (unpaired) electrons. The van der Waals surface area contributed by atoms with Crippen molar-refractivity contribution in [2.75, 3.05) is 32.1 Å². The normalized spacial score (nSPS) is 17.4. The maximum atomic E-state index is 12.4. The molecule has 1 saturated heterocycles. The van der Waals surface area contributed by atoms with Gasteiger partial charge >= 0.3 is 0 Å². The molecule has 0 bridgehead atoms. The van der Waals surface area contributed by atoms with Crippen molar-refractivity contribution in [1.82, 2.24) is 19.4 Å². The fourth-order valence-electron chi connectivity index (χ4n) is 3.21. The van der Waals surface area contributed by atoms with Crippen LogP contribution in [-0.2, 0) is 11.8 Å². The lowest BCUT2D eigenvalue weighted by Crippen LogP contribution is -2.44. The van der Waals surface area contributed by atoms with Crippen LogP contribution in [0.4, 0.5) is 5.95 Å². The van der Waals surface area contributed by atoms with Crippen molar-refractivity contribution in [3.8, 4) is 11.3 Å². The molecule has 0 saturated carbocycles. The SMILES string of the molecule is CN(C)C(=O)C1CCCN(c2nc(-c3ccncc3)cc(=O)n2C)C1. The second-order valence-electron chi connectivity index (χ2n) is 6.59. The number of amides is 1. The molecule has 0 N–H and O–H groups in total. The van der Waals surface area contributed by atoms with Gasteiger partial charge in [-0.2, -0.15) is 0 Å². The number of hydrogen-bond acceptors (Lipinski definition) is 5. The van der Waals surface area contributed by atoms with Crippen LogP contribution < -0.4 is 10.5 Å².